The molecule has 7 heteroatoms. The van der Waals surface area contributed by atoms with Crippen molar-refractivity contribution in [2.75, 3.05) is 20.2 Å². The second kappa shape index (κ2) is 8.86. The first-order valence-electron chi connectivity index (χ1n) is 9.14. The van der Waals surface area contributed by atoms with Crippen LogP contribution in [0.2, 0.25) is 0 Å². The third kappa shape index (κ3) is 4.32. The lowest BCUT2D eigenvalue weighted by Crippen LogP contribution is -2.60. The molecule has 1 unspecified atom stereocenters. The number of carbonyl (C=O) groups is 2. The van der Waals surface area contributed by atoms with Crippen LogP contribution in [0, 0.1) is 0 Å². The van der Waals surface area contributed by atoms with Gasteiger partial charge in [-0.05, 0) is 35.4 Å². The minimum atomic E-state index is -1.26. The maximum Gasteiger partial charge on any atom is 0.521 e. The lowest BCUT2D eigenvalue weighted by atomic mass is 10.2. The van der Waals surface area contributed by atoms with Gasteiger partial charge in [0, 0.05) is 20.0 Å². The molecule has 0 N–H and O–H groups in total. The maximum absolute atomic E-state index is 13.0. The molecule has 1 saturated heterocycles. The van der Waals surface area contributed by atoms with Crippen molar-refractivity contribution >= 4 is 12.1 Å². The zero-order valence-electron chi connectivity index (χ0n) is 15.7. The number of benzene rings is 2. The lowest BCUT2D eigenvalue weighted by Gasteiger charge is -2.35. The zero-order chi connectivity index (χ0) is 20.0. The minimum absolute atomic E-state index is 0.0497. The fourth-order valence-corrected chi connectivity index (χ4v) is 3.36. The highest BCUT2D eigenvalue weighted by atomic mass is 16.7. The first-order valence-corrected chi connectivity index (χ1v) is 9.14. The van der Waals surface area contributed by atoms with Gasteiger partial charge in [0.15, 0.2) is 0 Å². The number of nitrogens with zero attached hydrogens (tertiary/aromatic N) is 1. The Bertz CT molecular complexity index is 799. The fraction of sp³-hybridized carbons (Fsp3) is 0.333. The van der Waals surface area contributed by atoms with E-state index in [1.54, 1.807) is 0 Å². The summed E-state index contributed by atoms with van der Waals surface area (Å²) in [4.78, 5) is 23.9. The van der Waals surface area contributed by atoms with Crippen LogP contribution in [0.5, 0.6) is 5.75 Å². The predicted molar refractivity (Wildman–Crippen MR) is 98.1 cm³/mol. The van der Waals surface area contributed by atoms with Gasteiger partial charge in [0.2, 0.25) is 0 Å². The number of carboxylic acids is 1. The van der Waals surface area contributed by atoms with Crippen LogP contribution in [0.25, 0.3) is 0 Å². The van der Waals surface area contributed by atoms with E-state index in [9.17, 15) is 14.7 Å². The second-order valence-electron chi connectivity index (χ2n) is 6.70. The highest BCUT2D eigenvalue weighted by molar-refractivity contribution is 5.85. The Hall–Kier alpha value is -2.90. The van der Waals surface area contributed by atoms with Crippen molar-refractivity contribution < 1.29 is 33.4 Å². The van der Waals surface area contributed by atoms with Crippen LogP contribution in [-0.4, -0.2) is 43.2 Å². The normalized spacial score (nSPS) is 16.3. The predicted octanol–water partition coefficient (Wildman–Crippen LogP) is 2.31. The molecule has 28 heavy (non-hydrogen) atoms. The summed E-state index contributed by atoms with van der Waals surface area (Å²) < 4.78 is 16.9. The van der Waals surface area contributed by atoms with Gasteiger partial charge in [0.25, 0.3) is 0 Å². The van der Waals surface area contributed by atoms with Crippen molar-refractivity contribution in [3.05, 3.63) is 65.7 Å². The van der Waals surface area contributed by atoms with E-state index in [0.29, 0.717) is 18.8 Å². The van der Waals surface area contributed by atoms with Gasteiger partial charge < -0.3 is 19.4 Å². The van der Waals surface area contributed by atoms with Gasteiger partial charge >= 0.3 is 12.5 Å². The van der Waals surface area contributed by atoms with Gasteiger partial charge in [-0.25, -0.2) is 0 Å². The molecule has 3 rings (SSSR count). The zero-order valence-corrected chi connectivity index (χ0v) is 15.7. The fourth-order valence-electron chi connectivity index (χ4n) is 3.36. The van der Waals surface area contributed by atoms with Crippen LogP contribution in [0.15, 0.2) is 54.6 Å². The number of likely N-dealkylation sites (tertiary alicyclic amines) is 1. The number of rotatable bonds is 7. The molecule has 0 saturated carbocycles. The molecule has 1 heterocycles. The van der Waals surface area contributed by atoms with Crippen molar-refractivity contribution in [2.24, 2.45) is 0 Å². The summed E-state index contributed by atoms with van der Waals surface area (Å²) in [5.41, 5.74) is 0.953. The van der Waals surface area contributed by atoms with E-state index in [2.05, 4.69) is 0 Å². The van der Waals surface area contributed by atoms with Gasteiger partial charge in [-0.2, -0.15) is 9.28 Å². The Balaban J connectivity index is 1.74. The van der Waals surface area contributed by atoms with E-state index < -0.39 is 18.5 Å². The standard InChI is InChI=1S/C21H23NO6/c1-26-21(28-18-11-9-17(10-12-18)19(23)24)22(13-5-6-14-22)20(25)27-15-16-7-3-2-4-8-16/h2-4,7-12,21H,5-6,13-15H2,1H3. The van der Waals surface area contributed by atoms with Crippen molar-refractivity contribution in [3.8, 4) is 5.75 Å². The minimum Gasteiger partial charge on any atom is -0.545 e. The van der Waals surface area contributed by atoms with Crippen LogP contribution < -0.4 is 9.84 Å². The molecule has 0 bridgehead atoms. The smallest absolute Gasteiger partial charge is 0.521 e. The van der Waals surface area contributed by atoms with Crippen molar-refractivity contribution in [1.82, 2.24) is 0 Å². The average Bonchev–Trinajstić information content (AvgIpc) is 3.22. The molecule has 1 aliphatic heterocycles. The van der Waals surface area contributed by atoms with Crippen LogP contribution >= 0.6 is 0 Å². The van der Waals surface area contributed by atoms with Crippen molar-refractivity contribution in [3.63, 3.8) is 0 Å². The van der Waals surface area contributed by atoms with E-state index >= 15 is 0 Å². The topological polar surface area (TPSA) is 84.9 Å². The summed E-state index contributed by atoms with van der Waals surface area (Å²) in [7, 11) is 1.48. The second-order valence-corrected chi connectivity index (χ2v) is 6.70. The molecule has 0 aromatic heterocycles. The molecule has 1 amide bonds. The summed E-state index contributed by atoms with van der Waals surface area (Å²) in [6.45, 7) is 1.27. The number of aromatic carboxylic acids is 1. The van der Waals surface area contributed by atoms with Crippen LogP contribution in [0.3, 0.4) is 0 Å². The summed E-state index contributed by atoms with van der Waals surface area (Å²) in [5.74, 6) is -0.862. The van der Waals surface area contributed by atoms with Gasteiger partial charge in [0.05, 0.1) is 19.1 Å². The Morgan fingerprint density at radius 2 is 1.68 bits per heavy atom. The average molecular weight is 385 g/mol. The number of hydrogen-bond acceptors (Lipinski definition) is 6. The quantitative estimate of drug-likeness (QED) is 0.537. The first-order chi connectivity index (χ1) is 13.5. The SMILES string of the molecule is COC(Oc1ccc(C(=O)[O-])cc1)[N+]1(C(=O)OCc2ccccc2)CCCC1. The van der Waals surface area contributed by atoms with Gasteiger partial charge in [0.1, 0.15) is 12.4 Å². The molecule has 1 atom stereocenters. The first kappa shape index (κ1) is 19.9. The molecule has 0 aliphatic carbocycles. The van der Waals surface area contributed by atoms with Gasteiger partial charge in [-0.3, -0.25) is 4.74 Å². The molecular formula is C21H23NO6. The third-order valence-corrected chi connectivity index (χ3v) is 4.87. The van der Waals surface area contributed by atoms with Crippen LogP contribution in [0.1, 0.15) is 28.8 Å². The van der Waals surface area contributed by atoms with E-state index in [1.165, 1.54) is 31.4 Å². The largest absolute Gasteiger partial charge is 0.545 e. The Morgan fingerprint density at radius 1 is 1.04 bits per heavy atom. The molecule has 1 aliphatic rings. The molecule has 2 aromatic carbocycles. The Kier molecular flexibility index (Phi) is 6.28. The molecule has 1 fully saturated rings. The molecule has 7 nitrogen and oxygen atoms in total. The number of methoxy groups -OCH3 is 1. The number of amides is 1. The highest BCUT2D eigenvalue weighted by Crippen LogP contribution is 2.28. The number of quaternary nitrogens is 1. The van der Waals surface area contributed by atoms with E-state index in [0.717, 1.165) is 18.4 Å². The van der Waals surface area contributed by atoms with Gasteiger partial charge in [-0.15, -0.1) is 0 Å². The number of carbonyl (C=O) groups excluding carboxylic acids is 2. The molecular weight excluding hydrogens is 362 g/mol. The summed E-state index contributed by atoms with van der Waals surface area (Å²) in [6.07, 6.45) is 0.416. The van der Waals surface area contributed by atoms with Crippen LogP contribution in [-0.2, 0) is 16.1 Å². The van der Waals surface area contributed by atoms with E-state index in [4.69, 9.17) is 14.2 Å². The number of ether oxygens (including phenoxy) is 3. The lowest BCUT2D eigenvalue weighted by molar-refractivity contribution is -0.916. The van der Waals surface area contributed by atoms with Gasteiger partial charge in [-0.1, -0.05) is 30.3 Å². The monoisotopic (exact) mass is 385 g/mol. The maximum atomic E-state index is 13.0. The molecule has 0 spiro atoms. The van der Waals surface area contributed by atoms with E-state index in [-0.39, 0.29) is 16.7 Å². The Morgan fingerprint density at radius 3 is 2.25 bits per heavy atom. The van der Waals surface area contributed by atoms with E-state index in [1.807, 2.05) is 30.3 Å². The van der Waals surface area contributed by atoms with Crippen molar-refractivity contribution in [2.45, 2.75) is 25.9 Å². The van der Waals surface area contributed by atoms with Crippen LogP contribution in [0.4, 0.5) is 4.79 Å². The summed E-state index contributed by atoms with van der Waals surface area (Å²) in [5, 5.41) is 10.9. The highest BCUT2D eigenvalue weighted by Gasteiger charge is 2.51. The Labute approximate surface area is 163 Å². The number of carboxylic acid groups (broad SMARTS) is 1. The molecule has 0 radical (unpaired) electrons. The molecule has 148 valence electrons. The van der Waals surface area contributed by atoms with Crippen molar-refractivity contribution in [1.29, 1.82) is 0 Å². The summed E-state index contributed by atoms with van der Waals surface area (Å²) in [6, 6.07) is 15.3. The summed E-state index contributed by atoms with van der Waals surface area (Å²) >= 11 is 0. The third-order valence-electron chi connectivity index (χ3n) is 4.87. The molecule has 2 aromatic rings. The number of hydrogen-bond donors (Lipinski definition) is 0.